The van der Waals surface area contributed by atoms with Gasteiger partial charge >= 0.3 is 0 Å². The molecule has 6 heteroatoms. The summed E-state index contributed by atoms with van der Waals surface area (Å²) in [5, 5.41) is 1.96. The van der Waals surface area contributed by atoms with Crippen molar-refractivity contribution in [3.05, 3.63) is 70.0 Å². The van der Waals surface area contributed by atoms with Crippen LogP contribution in [0.25, 0.3) is 16.6 Å². The fraction of sp³-hybridized carbons (Fsp3) is 0.158. The molecule has 25 heavy (non-hydrogen) atoms. The second-order valence-electron chi connectivity index (χ2n) is 5.96. The van der Waals surface area contributed by atoms with Crippen molar-refractivity contribution in [1.29, 1.82) is 0 Å². The molecule has 3 heterocycles. The number of amides is 1. The van der Waals surface area contributed by atoms with Gasteiger partial charge in [0.1, 0.15) is 5.65 Å². The predicted octanol–water partition coefficient (Wildman–Crippen LogP) is 4.80. The summed E-state index contributed by atoms with van der Waals surface area (Å²) in [5.74, 6) is -0.0329. The molecule has 0 bridgehead atoms. The van der Waals surface area contributed by atoms with Gasteiger partial charge in [0.15, 0.2) is 0 Å². The van der Waals surface area contributed by atoms with Gasteiger partial charge in [0.25, 0.3) is 5.91 Å². The van der Waals surface area contributed by atoms with Gasteiger partial charge in [0.05, 0.1) is 10.0 Å². The summed E-state index contributed by atoms with van der Waals surface area (Å²) in [6.45, 7) is 1.24. The number of hydrogen-bond acceptors (Lipinski definition) is 2. The van der Waals surface area contributed by atoms with Gasteiger partial charge in [-0.1, -0.05) is 29.3 Å². The summed E-state index contributed by atoms with van der Waals surface area (Å²) in [7, 11) is 0. The summed E-state index contributed by atoms with van der Waals surface area (Å²) in [6, 6.07) is 8.98. The highest BCUT2D eigenvalue weighted by Gasteiger charge is 2.21. The maximum atomic E-state index is 12.6. The number of carbonyl (C=O) groups excluding carboxylic acids is 1. The molecule has 1 N–H and O–H groups in total. The van der Waals surface area contributed by atoms with Crippen molar-refractivity contribution in [1.82, 2.24) is 14.9 Å². The van der Waals surface area contributed by atoms with Crippen LogP contribution in [-0.4, -0.2) is 33.9 Å². The van der Waals surface area contributed by atoms with Gasteiger partial charge < -0.3 is 9.88 Å². The van der Waals surface area contributed by atoms with Crippen LogP contribution in [0, 0.1) is 0 Å². The van der Waals surface area contributed by atoms with E-state index in [1.165, 1.54) is 5.57 Å². The molecule has 1 aromatic carbocycles. The van der Waals surface area contributed by atoms with Crippen molar-refractivity contribution < 1.29 is 4.79 Å². The van der Waals surface area contributed by atoms with Crippen LogP contribution in [0.1, 0.15) is 22.3 Å². The Morgan fingerprint density at radius 2 is 2.08 bits per heavy atom. The van der Waals surface area contributed by atoms with Crippen LogP contribution in [-0.2, 0) is 0 Å². The van der Waals surface area contributed by atoms with E-state index in [1.807, 2.05) is 17.2 Å². The summed E-state index contributed by atoms with van der Waals surface area (Å²) in [5.41, 5.74) is 3.83. The van der Waals surface area contributed by atoms with E-state index in [0.29, 0.717) is 28.7 Å². The molecule has 3 aromatic rings. The lowest BCUT2D eigenvalue weighted by Gasteiger charge is -2.26. The Hall–Kier alpha value is -2.30. The Morgan fingerprint density at radius 3 is 2.84 bits per heavy atom. The number of aromatic amines is 1. The van der Waals surface area contributed by atoms with E-state index < -0.39 is 0 Å². The highest BCUT2D eigenvalue weighted by molar-refractivity contribution is 6.42. The summed E-state index contributed by atoms with van der Waals surface area (Å²) < 4.78 is 0. The molecule has 1 aliphatic heterocycles. The number of nitrogens with zero attached hydrogens (tertiary/aromatic N) is 2. The SMILES string of the molecule is O=C(c1ccc(Cl)c(Cl)c1)N1CC=C(c2c[nH]c3ncccc23)CC1. The summed E-state index contributed by atoms with van der Waals surface area (Å²) in [6.07, 6.45) is 6.67. The van der Waals surface area contributed by atoms with E-state index >= 15 is 0 Å². The molecule has 1 amide bonds. The average molecular weight is 372 g/mol. The van der Waals surface area contributed by atoms with Crippen molar-refractivity contribution >= 4 is 45.7 Å². The van der Waals surface area contributed by atoms with Gasteiger partial charge in [-0.15, -0.1) is 0 Å². The molecule has 126 valence electrons. The zero-order chi connectivity index (χ0) is 17.4. The molecule has 4 rings (SSSR count). The Morgan fingerprint density at radius 1 is 1.20 bits per heavy atom. The van der Waals surface area contributed by atoms with Crippen LogP contribution in [0.5, 0.6) is 0 Å². The number of fused-ring (bicyclic) bond motifs is 1. The van der Waals surface area contributed by atoms with E-state index in [9.17, 15) is 4.79 Å². The van der Waals surface area contributed by atoms with Crippen molar-refractivity contribution in [3.63, 3.8) is 0 Å². The number of halogens is 2. The lowest BCUT2D eigenvalue weighted by molar-refractivity contribution is 0.0773. The fourth-order valence-corrected chi connectivity index (χ4v) is 3.43. The van der Waals surface area contributed by atoms with E-state index in [2.05, 4.69) is 22.1 Å². The Labute approximate surface area is 155 Å². The van der Waals surface area contributed by atoms with Gasteiger partial charge in [-0.2, -0.15) is 0 Å². The molecule has 0 spiro atoms. The lowest BCUT2D eigenvalue weighted by atomic mass is 9.99. The molecule has 2 aromatic heterocycles. The van der Waals surface area contributed by atoms with E-state index in [1.54, 1.807) is 24.4 Å². The highest BCUT2D eigenvalue weighted by Crippen LogP contribution is 2.29. The van der Waals surface area contributed by atoms with Gasteiger partial charge in [-0.05, 0) is 42.3 Å². The number of rotatable bonds is 2. The van der Waals surface area contributed by atoms with Crippen LogP contribution < -0.4 is 0 Å². The molecule has 4 nitrogen and oxygen atoms in total. The molecule has 0 saturated carbocycles. The Balaban J connectivity index is 1.55. The highest BCUT2D eigenvalue weighted by atomic mass is 35.5. The van der Waals surface area contributed by atoms with Crippen LogP contribution in [0.4, 0.5) is 0 Å². The molecule has 0 saturated heterocycles. The van der Waals surface area contributed by atoms with Crippen molar-refractivity contribution in [2.24, 2.45) is 0 Å². The monoisotopic (exact) mass is 371 g/mol. The number of nitrogens with one attached hydrogen (secondary N) is 1. The van der Waals surface area contributed by atoms with Gasteiger partial charge in [0.2, 0.25) is 0 Å². The molecule has 0 atom stereocenters. The minimum atomic E-state index is -0.0329. The number of benzene rings is 1. The molecule has 0 radical (unpaired) electrons. The second-order valence-corrected chi connectivity index (χ2v) is 6.78. The zero-order valence-corrected chi connectivity index (χ0v) is 14.8. The van der Waals surface area contributed by atoms with Crippen LogP contribution >= 0.6 is 23.2 Å². The van der Waals surface area contributed by atoms with E-state index in [0.717, 1.165) is 23.0 Å². The molecule has 0 aliphatic carbocycles. The maximum absolute atomic E-state index is 12.6. The normalized spacial score (nSPS) is 14.6. The fourth-order valence-electron chi connectivity index (χ4n) is 3.13. The second kappa shape index (κ2) is 6.54. The van der Waals surface area contributed by atoms with Gasteiger partial charge in [0, 0.05) is 42.0 Å². The minimum absolute atomic E-state index is 0.0329. The van der Waals surface area contributed by atoms with Gasteiger partial charge in [-0.3, -0.25) is 4.79 Å². The van der Waals surface area contributed by atoms with Crippen molar-refractivity contribution in [3.8, 4) is 0 Å². The standard InChI is InChI=1S/C19H15Cl2N3O/c20-16-4-3-13(10-17(16)21)19(25)24-8-5-12(6-9-24)15-11-23-18-14(15)2-1-7-22-18/h1-5,7,10-11H,6,8-9H2,(H,22,23). The number of H-pyrrole nitrogens is 1. The van der Waals surface area contributed by atoms with E-state index in [4.69, 9.17) is 23.2 Å². The van der Waals surface area contributed by atoms with E-state index in [-0.39, 0.29) is 5.91 Å². The molecular formula is C19H15Cl2N3O. The third-order valence-electron chi connectivity index (χ3n) is 4.46. The van der Waals surface area contributed by atoms with Crippen molar-refractivity contribution in [2.45, 2.75) is 6.42 Å². The van der Waals surface area contributed by atoms with Crippen LogP contribution in [0.2, 0.25) is 10.0 Å². The minimum Gasteiger partial charge on any atom is -0.346 e. The first-order chi connectivity index (χ1) is 12.1. The topological polar surface area (TPSA) is 49.0 Å². The largest absolute Gasteiger partial charge is 0.346 e. The Bertz CT molecular complexity index is 993. The number of carbonyl (C=O) groups is 1. The molecular weight excluding hydrogens is 357 g/mol. The molecule has 0 unspecified atom stereocenters. The summed E-state index contributed by atoms with van der Waals surface area (Å²) in [4.78, 5) is 22.0. The first kappa shape index (κ1) is 16.2. The predicted molar refractivity (Wildman–Crippen MR) is 101 cm³/mol. The Kier molecular flexibility index (Phi) is 4.24. The van der Waals surface area contributed by atoms with Crippen LogP contribution in [0.3, 0.4) is 0 Å². The quantitative estimate of drug-likeness (QED) is 0.703. The van der Waals surface area contributed by atoms with Gasteiger partial charge in [-0.25, -0.2) is 4.98 Å². The first-order valence-corrected chi connectivity index (χ1v) is 8.75. The smallest absolute Gasteiger partial charge is 0.254 e. The average Bonchev–Trinajstić information content (AvgIpc) is 3.08. The number of hydrogen-bond donors (Lipinski definition) is 1. The third kappa shape index (κ3) is 3.03. The number of aromatic nitrogens is 2. The zero-order valence-electron chi connectivity index (χ0n) is 13.3. The van der Waals surface area contributed by atoms with Crippen LogP contribution in [0.15, 0.2) is 48.8 Å². The number of pyridine rings is 1. The molecule has 1 aliphatic rings. The van der Waals surface area contributed by atoms with Crippen molar-refractivity contribution in [2.75, 3.05) is 13.1 Å². The summed E-state index contributed by atoms with van der Waals surface area (Å²) >= 11 is 11.9. The molecule has 0 fully saturated rings. The third-order valence-corrected chi connectivity index (χ3v) is 5.20. The first-order valence-electron chi connectivity index (χ1n) is 7.99. The maximum Gasteiger partial charge on any atom is 0.254 e. The lowest BCUT2D eigenvalue weighted by Crippen LogP contribution is -2.34.